The highest BCUT2D eigenvalue weighted by molar-refractivity contribution is 5.88. The fourth-order valence-electron chi connectivity index (χ4n) is 3.59. The smallest absolute Gasteiger partial charge is 0.320 e. The Kier molecular flexibility index (Phi) is 6.70. The first-order valence-corrected chi connectivity index (χ1v) is 10.5. The van der Waals surface area contributed by atoms with E-state index in [4.69, 9.17) is 0 Å². The molecule has 11 nitrogen and oxygen atoms in total. The molecule has 0 saturated carbocycles. The van der Waals surface area contributed by atoms with Gasteiger partial charge in [-0.2, -0.15) is 10.4 Å². The monoisotopic (exact) mass is 450 g/mol. The van der Waals surface area contributed by atoms with Crippen LogP contribution in [0.3, 0.4) is 0 Å². The molecule has 1 saturated heterocycles. The Morgan fingerprint density at radius 3 is 2.76 bits per heavy atom. The summed E-state index contributed by atoms with van der Waals surface area (Å²) in [6.45, 7) is 5.06. The summed E-state index contributed by atoms with van der Waals surface area (Å²) in [5.74, 6) is -0.210. The van der Waals surface area contributed by atoms with E-state index in [0.29, 0.717) is 44.2 Å². The van der Waals surface area contributed by atoms with E-state index in [1.165, 1.54) is 6.33 Å². The molecule has 12 heteroatoms. The minimum atomic E-state index is -0.642. The van der Waals surface area contributed by atoms with Gasteiger partial charge in [0.2, 0.25) is 0 Å². The average molecular weight is 450 g/mol. The predicted molar refractivity (Wildman–Crippen MR) is 118 cm³/mol. The molecule has 2 amide bonds. The van der Waals surface area contributed by atoms with Crippen molar-refractivity contribution in [2.45, 2.75) is 13.5 Å². The third kappa shape index (κ3) is 5.04. The number of amides is 2. The molecule has 0 aromatic carbocycles. The number of hydrogen-bond acceptors (Lipinski definition) is 8. The number of carbonyl (C=O) groups is 1. The minimum absolute atomic E-state index is 0.147. The zero-order valence-corrected chi connectivity index (χ0v) is 18.1. The van der Waals surface area contributed by atoms with Crippen LogP contribution >= 0.6 is 0 Å². The van der Waals surface area contributed by atoms with Crippen molar-refractivity contribution in [2.24, 2.45) is 0 Å². The molecule has 1 fully saturated rings. The van der Waals surface area contributed by atoms with Crippen LogP contribution in [0.15, 0.2) is 36.9 Å². The van der Waals surface area contributed by atoms with Crippen molar-refractivity contribution in [3.63, 3.8) is 0 Å². The SMILES string of the molecule is CCNC(=O)Nc1ncnc(CN2CCN(c3ccc(-n4cccn4)nc3C#N)CC2)c1F. The van der Waals surface area contributed by atoms with Gasteiger partial charge >= 0.3 is 6.03 Å². The molecule has 1 aliphatic rings. The minimum Gasteiger partial charge on any atom is -0.367 e. The Balaban J connectivity index is 1.40. The number of nitriles is 1. The maximum Gasteiger partial charge on any atom is 0.320 e. The van der Waals surface area contributed by atoms with Crippen LogP contribution in [0.25, 0.3) is 5.82 Å². The van der Waals surface area contributed by atoms with Gasteiger partial charge < -0.3 is 10.2 Å². The predicted octanol–water partition coefficient (Wildman–Crippen LogP) is 1.53. The highest BCUT2D eigenvalue weighted by atomic mass is 19.1. The second-order valence-corrected chi connectivity index (χ2v) is 7.33. The summed E-state index contributed by atoms with van der Waals surface area (Å²) in [4.78, 5) is 28.1. The van der Waals surface area contributed by atoms with E-state index in [-0.39, 0.29) is 18.1 Å². The van der Waals surface area contributed by atoms with Crippen LogP contribution in [0.4, 0.5) is 20.7 Å². The summed E-state index contributed by atoms with van der Waals surface area (Å²) in [6.07, 6.45) is 4.66. The molecule has 33 heavy (non-hydrogen) atoms. The number of rotatable bonds is 6. The van der Waals surface area contributed by atoms with E-state index in [0.717, 1.165) is 5.69 Å². The molecular weight excluding hydrogens is 427 g/mol. The number of piperazine rings is 1. The number of urea groups is 1. The van der Waals surface area contributed by atoms with Crippen molar-refractivity contribution in [3.8, 4) is 11.9 Å². The van der Waals surface area contributed by atoms with Gasteiger partial charge in [0.15, 0.2) is 23.1 Å². The third-order valence-corrected chi connectivity index (χ3v) is 5.22. The normalized spacial score (nSPS) is 14.0. The van der Waals surface area contributed by atoms with E-state index < -0.39 is 11.8 Å². The lowest BCUT2D eigenvalue weighted by Gasteiger charge is -2.36. The molecule has 0 spiro atoms. The van der Waals surface area contributed by atoms with Gasteiger partial charge in [-0.05, 0) is 25.1 Å². The number of nitrogens with one attached hydrogen (secondary N) is 2. The van der Waals surface area contributed by atoms with Crippen LogP contribution in [-0.2, 0) is 6.54 Å². The molecule has 0 unspecified atom stereocenters. The average Bonchev–Trinajstić information content (AvgIpc) is 3.37. The number of hydrogen-bond donors (Lipinski definition) is 2. The fourth-order valence-corrected chi connectivity index (χ4v) is 3.59. The summed E-state index contributed by atoms with van der Waals surface area (Å²) in [5, 5.41) is 18.7. The van der Waals surface area contributed by atoms with E-state index in [9.17, 15) is 14.4 Å². The Labute approximate surface area is 189 Å². The van der Waals surface area contributed by atoms with E-state index in [1.807, 2.05) is 12.1 Å². The quantitative estimate of drug-likeness (QED) is 0.579. The van der Waals surface area contributed by atoms with Gasteiger partial charge in [0.05, 0.1) is 11.4 Å². The largest absolute Gasteiger partial charge is 0.367 e. The molecule has 3 aromatic heterocycles. The van der Waals surface area contributed by atoms with E-state index in [1.54, 1.807) is 30.1 Å². The summed E-state index contributed by atoms with van der Waals surface area (Å²) in [5.41, 5.74) is 1.31. The summed E-state index contributed by atoms with van der Waals surface area (Å²) < 4.78 is 16.4. The standard InChI is InChI=1S/C21H23FN10O/c1-2-24-21(33)29-20-19(22)16(25-14-26-20)13-30-8-10-31(11-9-30)17-4-5-18(28-15(17)12-23)32-7-3-6-27-32/h3-7,14H,2,8-11,13H2,1H3,(H2,24,25,26,29,33). The third-order valence-electron chi connectivity index (χ3n) is 5.22. The van der Waals surface area contributed by atoms with Gasteiger partial charge in [0.1, 0.15) is 12.4 Å². The van der Waals surface area contributed by atoms with Crippen molar-refractivity contribution in [2.75, 3.05) is 42.9 Å². The summed E-state index contributed by atoms with van der Waals surface area (Å²) in [7, 11) is 0. The molecule has 4 heterocycles. The molecular formula is C21H23FN10O. The molecule has 3 aromatic rings. The number of pyridine rings is 1. The fraction of sp³-hybridized carbons (Fsp3) is 0.333. The van der Waals surface area contributed by atoms with Crippen LogP contribution in [-0.4, -0.2) is 68.4 Å². The van der Waals surface area contributed by atoms with Crippen molar-refractivity contribution in [1.82, 2.24) is 34.9 Å². The maximum absolute atomic E-state index is 14.8. The molecule has 0 aliphatic carbocycles. The Hall–Kier alpha value is -4.11. The van der Waals surface area contributed by atoms with Gasteiger partial charge in [0, 0.05) is 51.7 Å². The lowest BCUT2D eigenvalue weighted by Crippen LogP contribution is -2.46. The molecule has 1 aliphatic heterocycles. The second-order valence-electron chi connectivity index (χ2n) is 7.33. The van der Waals surface area contributed by atoms with Crippen molar-refractivity contribution in [3.05, 3.63) is 54.1 Å². The zero-order valence-electron chi connectivity index (χ0n) is 18.1. The molecule has 0 radical (unpaired) electrons. The first-order valence-electron chi connectivity index (χ1n) is 10.5. The van der Waals surface area contributed by atoms with Crippen molar-refractivity contribution >= 4 is 17.5 Å². The van der Waals surface area contributed by atoms with Crippen LogP contribution in [0.2, 0.25) is 0 Å². The van der Waals surface area contributed by atoms with Crippen LogP contribution < -0.4 is 15.5 Å². The van der Waals surface area contributed by atoms with Crippen LogP contribution in [0.5, 0.6) is 0 Å². The van der Waals surface area contributed by atoms with Crippen molar-refractivity contribution < 1.29 is 9.18 Å². The highest BCUT2D eigenvalue weighted by Gasteiger charge is 2.23. The lowest BCUT2D eigenvalue weighted by atomic mass is 10.2. The Morgan fingerprint density at radius 2 is 2.06 bits per heavy atom. The van der Waals surface area contributed by atoms with Gasteiger partial charge in [-0.15, -0.1) is 0 Å². The Morgan fingerprint density at radius 1 is 1.24 bits per heavy atom. The zero-order chi connectivity index (χ0) is 23.2. The number of halogens is 1. The molecule has 4 rings (SSSR count). The first kappa shape index (κ1) is 22.1. The Bertz CT molecular complexity index is 1150. The number of carbonyl (C=O) groups excluding carboxylic acids is 1. The first-order chi connectivity index (χ1) is 16.1. The topological polar surface area (TPSA) is 128 Å². The van der Waals surface area contributed by atoms with Gasteiger partial charge in [-0.25, -0.2) is 28.8 Å². The number of nitrogens with zero attached hydrogens (tertiary/aromatic N) is 8. The van der Waals surface area contributed by atoms with Gasteiger partial charge in [0.25, 0.3) is 0 Å². The van der Waals surface area contributed by atoms with Crippen LogP contribution in [0.1, 0.15) is 18.3 Å². The summed E-state index contributed by atoms with van der Waals surface area (Å²) in [6, 6.07) is 7.15. The van der Waals surface area contributed by atoms with Gasteiger partial charge in [-0.3, -0.25) is 10.2 Å². The van der Waals surface area contributed by atoms with Crippen LogP contribution in [0, 0.1) is 17.1 Å². The summed E-state index contributed by atoms with van der Waals surface area (Å²) >= 11 is 0. The molecule has 2 N–H and O–H groups in total. The highest BCUT2D eigenvalue weighted by Crippen LogP contribution is 2.23. The van der Waals surface area contributed by atoms with Crippen molar-refractivity contribution in [1.29, 1.82) is 5.26 Å². The van der Waals surface area contributed by atoms with E-state index >= 15 is 0 Å². The number of anilines is 2. The molecule has 170 valence electrons. The van der Waals surface area contributed by atoms with E-state index in [2.05, 4.69) is 46.6 Å². The second kappa shape index (κ2) is 10.0. The number of aromatic nitrogens is 5. The maximum atomic E-state index is 14.8. The molecule has 0 bridgehead atoms. The van der Waals surface area contributed by atoms with Gasteiger partial charge in [-0.1, -0.05) is 0 Å². The lowest BCUT2D eigenvalue weighted by molar-refractivity contribution is 0.243. The molecule has 0 atom stereocenters.